The lowest BCUT2D eigenvalue weighted by Gasteiger charge is -2.41. The van der Waals surface area contributed by atoms with E-state index in [4.69, 9.17) is 4.74 Å². The van der Waals surface area contributed by atoms with Crippen LogP contribution in [0.4, 0.5) is 0 Å². The van der Waals surface area contributed by atoms with Gasteiger partial charge in [-0.2, -0.15) is 0 Å². The SMILES string of the molecule is CCOC1(NC2CCCCC2)CCCCC1. The Hall–Kier alpha value is -0.0800. The van der Waals surface area contributed by atoms with Crippen molar-refractivity contribution in [3.63, 3.8) is 0 Å². The van der Waals surface area contributed by atoms with E-state index in [9.17, 15) is 0 Å². The molecule has 0 bridgehead atoms. The van der Waals surface area contributed by atoms with Crippen LogP contribution in [0.2, 0.25) is 0 Å². The van der Waals surface area contributed by atoms with Gasteiger partial charge in [-0.1, -0.05) is 25.7 Å². The molecule has 1 N–H and O–H groups in total. The van der Waals surface area contributed by atoms with E-state index in [1.807, 2.05) is 0 Å². The Morgan fingerprint density at radius 3 is 2.25 bits per heavy atom. The zero-order valence-electron chi connectivity index (χ0n) is 10.8. The predicted molar refractivity (Wildman–Crippen MR) is 67.5 cm³/mol. The Bertz CT molecular complexity index is 187. The van der Waals surface area contributed by atoms with E-state index in [0.29, 0.717) is 0 Å². The van der Waals surface area contributed by atoms with Gasteiger partial charge in [0, 0.05) is 12.6 Å². The van der Waals surface area contributed by atoms with E-state index in [1.54, 1.807) is 0 Å². The number of hydrogen-bond acceptors (Lipinski definition) is 2. The Balaban J connectivity index is 1.89. The lowest BCUT2D eigenvalue weighted by Crippen LogP contribution is -2.53. The van der Waals surface area contributed by atoms with E-state index in [0.717, 1.165) is 12.6 Å². The van der Waals surface area contributed by atoms with Crippen LogP contribution < -0.4 is 5.32 Å². The highest BCUT2D eigenvalue weighted by atomic mass is 16.5. The average Bonchev–Trinajstić information content (AvgIpc) is 2.31. The summed E-state index contributed by atoms with van der Waals surface area (Å²) < 4.78 is 6.06. The molecule has 0 heterocycles. The maximum Gasteiger partial charge on any atom is 0.119 e. The van der Waals surface area contributed by atoms with Gasteiger partial charge in [0.15, 0.2) is 0 Å². The molecule has 0 saturated heterocycles. The molecule has 2 fully saturated rings. The third-order valence-electron chi connectivity index (χ3n) is 4.15. The van der Waals surface area contributed by atoms with E-state index >= 15 is 0 Å². The van der Waals surface area contributed by atoms with Gasteiger partial charge >= 0.3 is 0 Å². The van der Waals surface area contributed by atoms with Crippen molar-refractivity contribution in [1.82, 2.24) is 5.32 Å². The molecule has 0 aromatic carbocycles. The third kappa shape index (κ3) is 3.21. The standard InChI is InChI=1S/C14H27NO/c1-2-16-14(11-7-4-8-12-14)15-13-9-5-3-6-10-13/h13,15H,2-12H2,1H3. The summed E-state index contributed by atoms with van der Waals surface area (Å²) in [7, 11) is 0. The molecule has 94 valence electrons. The first-order valence-electron chi connectivity index (χ1n) is 7.26. The second kappa shape index (κ2) is 6.02. The maximum atomic E-state index is 6.06. The maximum absolute atomic E-state index is 6.06. The first-order valence-corrected chi connectivity index (χ1v) is 7.26. The van der Waals surface area contributed by atoms with Crippen LogP contribution in [-0.4, -0.2) is 18.4 Å². The van der Waals surface area contributed by atoms with Crippen molar-refractivity contribution in [3.05, 3.63) is 0 Å². The predicted octanol–water partition coefficient (Wildman–Crippen LogP) is 3.61. The van der Waals surface area contributed by atoms with Gasteiger partial charge in [-0.15, -0.1) is 0 Å². The molecule has 16 heavy (non-hydrogen) atoms. The molecule has 0 unspecified atom stereocenters. The highest BCUT2D eigenvalue weighted by molar-refractivity contribution is 4.86. The van der Waals surface area contributed by atoms with Crippen molar-refractivity contribution in [2.24, 2.45) is 0 Å². The van der Waals surface area contributed by atoms with Gasteiger partial charge in [-0.05, 0) is 45.4 Å². The highest BCUT2D eigenvalue weighted by Gasteiger charge is 2.34. The van der Waals surface area contributed by atoms with Crippen molar-refractivity contribution in [2.45, 2.75) is 82.9 Å². The fourth-order valence-corrected chi connectivity index (χ4v) is 3.35. The van der Waals surface area contributed by atoms with Gasteiger partial charge in [0.05, 0.1) is 0 Å². The van der Waals surface area contributed by atoms with Gasteiger partial charge in [0.1, 0.15) is 5.72 Å². The lowest BCUT2D eigenvalue weighted by molar-refractivity contribution is -0.0985. The molecule has 0 atom stereocenters. The smallest absolute Gasteiger partial charge is 0.119 e. The van der Waals surface area contributed by atoms with Crippen LogP contribution in [0.3, 0.4) is 0 Å². The summed E-state index contributed by atoms with van der Waals surface area (Å²) in [6.45, 7) is 2.97. The molecular formula is C14H27NO. The molecule has 2 heteroatoms. The number of ether oxygens (including phenoxy) is 1. The van der Waals surface area contributed by atoms with E-state index in [-0.39, 0.29) is 5.72 Å². The summed E-state index contributed by atoms with van der Waals surface area (Å²) in [5.74, 6) is 0. The second-order valence-corrected chi connectivity index (χ2v) is 5.47. The lowest BCUT2D eigenvalue weighted by atomic mass is 9.88. The molecule has 2 aliphatic rings. The Kier molecular flexibility index (Phi) is 4.66. The molecular weight excluding hydrogens is 198 g/mol. The van der Waals surface area contributed by atoms with Crippen LogP contribution in [0, 0.1) is 0 Å². The summed E-state index contributed by atoms with van der Waals surface area (Å²) in [5.41, 5.74) is 0.0367. The fourth-order valence-electron chi connectivity index (χ4n) is 3.35. The quantitative estimate of drug-likeness (QED) is 0.738. The van der Waals surface area contributed by atoms with Crippen LogP contribution >= 0.6 is 0 Å². The summed E-state index contributed by atoms with van der Waals surface area (Å²) in [4.78, 5) is 0. The van der Waals surface area contributed by atoms with Gasteiger partial charge in [-0.3, -0.25) is 5.32 Å². The van der Waals surface area contributed by atoms with Crippen molar-refractivity contribution in [3.8, 4) is 0 Å². The average molecular weight is 225 g/mol. The van der Waals surface area contributed by atoms with Gasteiger partial charge in [0.25, 0.3) is 0 Å². The summed E-state index contributed by atoms with van der Waals surface area (Å²) in [5, 5.41) is 3.85. The van der Waals surface area contributed by atoms with Gasteiger partial charge < -0.3 is 4.74 Å². The number of rotatable bonds is 4. The Labute approximate surface area is 100 Å². The molecule has 2 nitrogen and oxygen atoms in total. The molecule has 0 aromatic heterocycles. The first-order chi connectivity index (χ1) is 7.85. The van der Waals surface area contributed by atoms with E-state index in [1.165, 1.54) is 64.2 Å². The van der Waals surface area contributed by atoms with Crippen LogP contribution in [0.5, 0.6) is 0 Å². The molecule has 2 aliphatic carbocycles. The molecule has 0 aliphatic heterocycles. The number of nitrogens with one attached hydrogen (secondary N) is 1. The zero-order chi connectivity index (χ0) is 11.3. The zero-order valence-corrected chi connectivity index (χ0v) is 10.8. The molecule has 0 spiro atoms. The molecule has 0 radical (unpaired) electrons. The van der Waals surface area contributed by atoms with Crippen molar-refractivity contribution in [2.75, 3.05) is 6.61 Å². The van der Waals surface area contributed by atoms with Crippen LogP contribution in [-0.2, 0) is 4.74 Å². The third-order valence-corrected chi connectivity index (χ3v) is 4.15. The molecule has 0 aromatic rings. The summed E-state index contributed by atoms with van der Waals surface area (Å²) >= 11 is 0. The summed E-state index contributed by atoms with van der Waals surface area (Å²) in [6.07, 6.45) is 13.4. The van der Waals surface area contributed by atoms with Crippen LogP contribution in [0.25, 0.3) is 0 Å². The normalized spacial score (nSPS) is 26.8. The monoisotopic (exact) mass is 225 g/mol. The van der Waals surface area contributed by atoms with Crippen LogP contribution in [0.1, 0.15) is 71.1 Å². The largest absolute Gasteiger partial charge is 0.361 e. The Morgan fingerprint density at radius 1 is 1.00 bits per heavy atom. The fraction of sp³-hybridized carbons (Fsp3) is 1.00. The molecule has 0 amide bonds. The van der Waals surface area contributed by atoms with Gasteiger partial charge in [-0.25, -0.2) is 0 Å². The van der Waals surface area contributed by atoms with Gasteiger partial charge in [0.2, 0.25) is 0 Å². The topological polar surface area (TPSA) is 21.3 Å². The Morgan fingerprint density at radius 2 is 1.62 bits per heavy atom. The molecule has 2 saturated carbocycles. The number of hydrogen-bond donors (Lipinski definition) is 1. The minimum atomic E-state index is 0.0367. The van der Waals surface area contributed by atoms with Crippen molar-refractivity contribution in [1.29, 1.82) is 0 Å². The minimum absolute atomic E-state index is 0.0367. The molecule has 2 rings (SSSR count). The van der Waals surface area contributed by atoms with E-state index < -0.39 is 0 Å². The second-order valence-electron chi connectivity index (χ2n) is 5.47. The van der Waals surface area contributed by atoms with Crippen LogP contribution in [0.15, 0.2) is 0 Å². The summed E-state index contributed by atoms with van der Waals surface area (Å²) in [6, 6.07) is 0.721. The van der Waals surface area contributed by atoms with E-state index in [2.05, 4.69) is 12.2 Å². The van der Waals surface area contributed by atoms with Crippen molar-refractivity contribution < 1.29 is 4.74 Å². The highest BCUT2D eigenvalue weighted by Crippen LogP contribution is 2.31. The first kappa shape index (κ1) is 12.4. The minimum Gasteiger partial charge on any atom is -0.361 e. The van der Waals surface area contributed by atoms with Crippen molar-refractivity contribution >= 4 is 0 Å².